The van der Waals surface area contributed by atoms with Gasteiger partial charge in [0.1, 0.15) is 11.0 Å². The first-order chi connectivity index (χ1) is 12.7. The van der Waals surface area contributed by atoms with Gasteiger partial charge >= 0.3 is 0 Å². The molecule has 2 heterocycles. The largest absolute Gasteiger partial charge is 0.298 e. The Balaban J connectivity index is 1.30. The normalized spacial score (nSPS) is 26.3. The quantitative estimate of drug-likeness (QED) is 0.706. The third kappa shape index (κ3) is 2.73. The van der Waals surface area contributed by atoms with Crippen LogP contribution >= 0.6 is 0 Å². The van der Waals surface area contributed by atoms with Crippen molar-refractivity contribution in [2.45, 2.75) is 50.6 Å². The number of fused-ring (bicyclic) bond motifs is 1. The summed E-state index contributed by atoms with van der Waals surface area (Å²) in [6, 6.07) is 17.1. The highest BCUT2D eigenvalue weighted by atomic mass is 15.4. The van der Waals surface area contributed by atoms with Gasteiger partial charge in [-0.1, -0.05) is 30.3 Å². The number of likely N-dealkylation sites (tertiary alicyclic amines) is 1. The van der Waals surface area contributed by atoms with E-state index in [0.717, 1.165) is 29.0 Å². The zero-order valence-electron chi connectivity index (χ0n) is 15.6. The minimum atomic E-state index is 0.740. The van der Waals surface area contributed by atoms with Crippen LogP contribution in [0.2, 0.25) is 0 Å². The fraction of sp³-hybridized carbons (Fsp3) is 0.455. The molecule has 1 atom stereocenters. The Labute approximate surface area is 154 Å². The second-order valence-electron chi connectivity index (χ2n) is 8.07. The number of hydrogen-bond donors (Lipinski definition) is 0. The molecule has 26 heavy (non-hydrogen) atoms. The molecule has 2 aliphatic rings. The molecule has 2 fully saturated rings. The van der Waals surface area contributed by atoms with Crippen molar-refractivity contribution in [3.8, 4) is 11.1 Å². The van der Waals surface area contributed by atoms with E-state index in [4.69, 9.17) is 0 Å². The maximum atomic E-state index is 4.42. The van der Waals surface area contributed by atoms with Gasteiger partial charge in [-0.2, -0.15) is 15.0 Å². The molecular weight excluding hydrogens is 320 g/mol. The van der Waals surface area contributed by atoms with Crippen molar-refractivity contribution >= 4 is 11.0 Å². The lowest BCUT2D eigenvalue weighted by atomic mass is 9.74. The van der Waals surface area contributed by atoms with Crippen molar-refractivity contribution in [3.05, 3.63) is 48.0 Å². The molecule has 4 nitrogen and oxygen atoms in total. The Bertz CT molecular complexity index is 921. The molecule has 0 unspecified atom stereocenters. The summed E-state index contributed by atoms with van der Waals surface area (Å²) in [5, 5.41) is 8.77. The van der Waals surface area contributed by atoms with E-state index in [2.05, 4.69) is 64.5 Å². The SMILES string of the molecule is C[C@@H]1CCCN1[C@H]1C[C@H](c2ccc(-c3ccc4nn(C)nc4c3)cc2)C1. The third-order valence-electron chi connectivity index (χ3n) is 6.38. The molecule has 1 aliphatic heterocycles. The average molecular weight is 346 g/mol. The molecule has 3 aromatic rings. The minimum Gasteiger partial charge on any atom is -0.298 e. The number of hydrogen-bond acceptors (Lipinski definition) is 3. The Kier molecular flexibility index (Phi) is 3.82. The highest BCUT2D eigenvalue weighted by molar-refractivity contribution is 5.81. The smallest absolute Gasteiger partial charge is 0.113 e. The lowest BCUT2D eigenvalue weighted by molar-refractivity contribution is 0.103. The summed E-state index contributed by atoms with van der Waals surface area (Å²) >= 11 is 0. The van der Waals surface area contributed by atoms with E-state index in [1.165, 1.54) is 48.9 Å². The molecular formula is C22H26N4. The number of benzene rings is 2. The fourth-order valence-electron chi connectivity index (χ4n) is 4.78. The number of rotatable bonds is 3. The summed E-state index contributed by atoms with van der Waals surface area (Å²) in [7, 11) is 1.86. The maximum Gasteiger partial charge on any atom is 0.113 e. The van der Waals surface area contributed by atoms with Gasteiger partial charge in [0.25, 0.3) is 0 Å². The molecule has 1 aromatic heterocycles. The molecule has 1 saturated heterocycles. The second kappa shape index (κ2) is 6.20. The maximum absolute atomic E-state index is 4.42. The zero-order chi connectivity index (χ0) is 17.7. The van der Waals surface area contributed by atoms with Crippen LogP contribution in [-0.4, -0.2) is 38.5 Å². The Hall–Kier alpha value is -2.20. The number of aromatic nitrogens is 3. The monoisotopic (exact) mass is 346 g/mol. The van der Waals surface area contributed by atoms with Gasteiger partial charge in [0, 0.05) is 19.1 Å². The zero-order valence-corrected chi connectivity index (χ0v) is 15.6. The highest BCUT2D eigenvalue weighted by Gasteiger charge is 2.37. The van der Waals surface area contributed by atoms with Crippen molar-refractivity contribution in [1.29, 1.82) is 0 Å². The molecule has 134 valence electrons. The number of aryl methyl sites for hydroxylation is 1. The molecule has 4 heteroatoms. The molecule has 5 rings (SSSR count). The van der Waals surface area contributed by atoms with Gasteiger partial charge in [0.05, 0.1) is 0 Å². The van der Waals surface area contributed by atoms with Crippen molar-refractivity contribution < 1.29 is 0 Å². The standard InChI is InChI=1S/C22H26N4/c1-15-4-3-11-26(15)20-12-19(13-20)17-7-5-16(6-8-17)18-9-10-21-22(14-18)24-25(2)23-21/h5-10,14-15,19-20H,3-4,11-13H2,1-2H3/t15-,19-,20-/m1/s1. The topological polar surface area (TPSA) is 34.0 Å². The summed E-state index contributed by atoms with van der Waals surface area (Å²) < 4.78 is 0. The predicted octanol–water partition coefficient (Wildman–Crippen LogP) is 4.37. The Morgan fingerprint density at radius 1 is 0.923 bits per heavy atom. The first-order valence-electron chi connectivity index (χ1n) is 9.84. The van der Waals surface area contributed by atoms with Gasteiger partial charge in [-0.25, -0.2) is 0 Å². The van der Waals surface area contributed by atoms with E-state index >= 15 is 0 Å². The summed E-state index contributed by atoms with van der Waals surface area (Å²) in [4.78, 5) is 4.37. The van der Waals surface area contributed by atoms with Crippen LogP contribution in [0, 0.1) is 0 Å². The molecule has 0 radical (unpaired) electrons. The first kappa shape index (κ1) is 16.0. The molecule has 2 aromatic carbocycles. The van der Waals surface area contributed by atoms with Crippen molar-refractivity contribution in [3.63, 3.8) is 0 Å². The molecule has 0 bridgehead atoms. The predicted molar refractivity (Wildman–Crippen MR) is 105 cm³/mol. The van der Waals surface area contributed by atoms with E-state index < -0.39 is 0 Å². The van der Waals surface area contributed by atoms with Crippen LogP contribution in [0.4, 0.5) is 0 Å². The van der Waals surface area contributed by atoms with E-state index in [-0.39, 0.29) is 0 Å². The molecule has 0 spiro atoms. The van der Waals surface area contributed by atoms with Crippen LogP contribution < -0.4 is 0 Å². The van der Waals surface area contributed by atoms with E-state index in [1.807, 2.05) is 7.05 Å². The molecule has 1 aliphatic carbocycles. The summed E-state index contributed by atoms with van der Waals surface area (Å²) in [6.45, 7) is 3.70. The van der Waals surface area contributed by atoms with Gasteiger partial charge in [-0.3, -0.25) is 4.90 Å². The number of nitrogens with zero attached hydrogens (tertiary/aromatic N) is 4. The third-order valence-corrected chi connectivity index (χ3v) is 6.38. The minimum absolute atomic E-state index is 0.740. The lowest BCUT2D eigenvalue weighted by Crippen LogP contribution is -2.45. The second-order valence-corrected chi connectivity index (χ2v) is 8.07. The molecule has 0 amide bonds. The van der Waals surface area contributed by atoms with Crippen molar-refractivity contribution in [1.82, 2.24) is 19.9 Å². The fourth-order valence-corrected chi connectivity index (χ4v) is 4.78. The summed E-state index contributed by atoms with van der Waals surface area (Å²) in [5.41, 5.74) is 5.87. The van der Waals surface area contributed by atoms with Crippen LogP contribution in [0.3, 0.4) is 0 Å². The van der Waals surface area contributed by atoms with Crippen molar-refractivity contribution in [2.24, 2.45) is 7.05 Å². The van der Waals surface area contributed by atoms with Gasteiger partial charge in [0.15, 0.2) is 0 Å². The van der Waals surface area contributed by atoms with Gasteiger partial charge < -0.3 is 0 Å². The first-order valence-corrected chi connectivity index (χ1v) is 9.84. The highest BCUT2D eigenvalue weighted by Crippen LogP contribution is 2.42. The Morgan fingerprint density at radius 3 is 2.38 bits per heavy atom. The lowest BCUT2D eigenvalue weighted by Gasteiger charge is -2.43. The van der Waals surface area contributed by atoms with E-state index in [0.29, 0.717) is 0 Å². The van der Waals surface area contributed by atoms with Crippen LogP contribution in [0.1, 0.15) is 44.1 Å². The Morgan fingerprint density at radius 2 is 1.65 bits per heavy atom. The van der Waals surface area contributed by atoms with Crippen molar-refractivity contribution in [2.75, 3.05) is 6.54 Å². The van der Waals surface area contributed by atoms with Gasteiger partial charge in [0.2, 0.25) is 0 Å². The summed E-state index contributed by atoms with van der Waals surface area (Å²) in [6.07, 6.45) is 5.42. The van der Waals surface area contributed by atoms with Crippen LogP contribution in [0.15, 0.2) is 42.5 Å². The van der Waals surface area contributed by atoms with Gasteiger partial charge in [-0.05, 0) is 73.9 Å². The van der Waals surface area contributed by atoms with E-state index in [1.54, 1.807) is 4.80 Å². The van der Waals surface area contributed by atoms with Crippen LogP contribution in [0.5, 0.6) is 0 Å². The molecule has 1 saturated carbocycles. The van der Waals surface area contributed by atoms with E-state index in [9.17, 15) is 0 Å². The van der Waals surface area contributed by atoms with Crippen LogP contribution in [0.25, 0.3) is 22.2 Å². The van der Waals surface area contributed by atoms with Gasteiger partial charge in [-0.15, -0.1) is 0 Å². The van der Waals surface area contributed by atoms with Crippen LogP contribution in [-0.2, 0) is 7.05 Å². The average Bonchev–Trinajstić information content (AvgIpc) is 3.18. The molecule has 0 N–H and O–H groups in total. The summed E-state index contributed by atoms with van der Waals surface area (Å²) in [5.74, 6) is 0.740.